The Kier molecular flexibility index (Phi) is 6.82. The zero-order valence-electron chi connectivity index (χ0n) is 9.88. The molecule has 0 heterocycles. The molecule has 0 unspecified atom stereocenters. The Bertz CT molecular complexity index is 241. The monoisotopic (exact) mass is 190 g/mol. The van der Waals surface area contributed by atoms with Crippen molar-refractivity contribution in [3.63, 3.8) is 0 Å². The Morgan fingerprint density at radius 3 is 2.00 bits per heavy atom. The Hall–Kier alpha value is -1.04. The molecular weight excluding hydrogens is 168 g/mol. The van der Waals surface area contributed by atoms with Gasteiger partial charge in [0.1, 0.15) is 0 Å². The van der Waals surface area contributed by atoms with E-state index in [9.17, 15) is 0 Å². The standard InChI is InChI=1S/C12H16.C2H6/c1-4-5-11-6-8-12(9-7-11)10(2)3;1-2/h4,6-10H,1,5H2,2-3H3;1-2H3. The molecule has 1 aromatic carbocycles. The third-order valence-electron chi connectivity index (χ3n) is 2.03. The first-order valence-corrected chi connectivity index (χ1v) is 5.43. The van der Waals surface area contributed by atoms with Crippen molar-refractivity contribution in [2.24, 2.45) is 0 Å². The fraction of sp³-hybridized carbons (Fsp3) is 0.429. The molecule has 0 saturated carbocycles. The molecule has 0 spiro atoms. The fourth-order valence-corrected chi connectivity index (χ4v) is 1.21. The molecule has 0 bridgehead atoms. The number of rotatable bonds is 3. The second-order valence-corrected chi connectivity index (χ2v) is 3.39. The summed E-state index contributed by atoms with van der Waals surface area (Å²) in [5.74, 6) is 0.628. The van der Waals surface area contributed by atoms with Crippen LogP contribution in [0, 0.1) is 0 Å². The molecule has 0 amide bonds. The van der Waals surface area contributed by atoms with Crippen molar-refractivity contribution in [1.29, 1.82) is 0 Å². The van der Waals surface area contributed by atoms with Crippen molar-refractivity contribution in [3.05, 3.63) is 48.0 Å². The molecule has 0 aliphatic rings. The summed E-state index contributed by atoms with van der Waals surface area (Å²) in [5.41, 5.74) is 2.75. The predicted molar refractivity (Wildman–Crippen MR) is 65.8 cm³/mol. The van der Waals surface area contributed by atoms with E-state index in [1.807, 2.05) is 19.9 Å². The van der Waals surface area contributed by atoms with Crippen LogP contribution < -0.4 is 0 Å². The minimum atomic E-state index is 0.628. The van der Waals surface area contributed by atoms with Gasteiger partial charge in [0.25, 0.3) is 0 Å². The first-order chi connectivity index (χ1) is 6.74. The van der Waals surface area contributed by atoms with Gasteiger partial charge in [0.05, 0.1) is 0 Å². The minimum absolute atomic E-state index is 0.628. The van der Waals surface area contributed by atoms with Gasteiger partial charge in [0.15, 0.2) is 0 Å². The highest BCUT2D eigenvalue weighted by atomic mass is 14.0. The van der Waals surface area contributed by atoms with Crippen molar-refractivity contribution < 1.29 is 0 Å². The first-order valence-electron chi connectivity index (χ1n) is 5.43. The molecule has 0 fully saturated rings. The highest BCUT2D eigenvalue weighted by molar-refractivity contribution is 5.25. The molecule has 1 aromatic rings. The zero-order chi connectivity index (χ0) is 11.0. The van der Waals surface area contributed by atoms with E-state index in [4.69, 9.17) is 0 Å². The van der Waals surface area contributed by atoms with Crippen molar-refractivity contribution in [2.75, 3.05) is 0 Å². The van der Waals surface area contributed by atoms with Crippen LogP contribution in [-0.2, 0) is 6.42 Å². The summed E-state index contributed by atoms with van der Waals surface area (Å²) < 4.78 is 0. The molecule has 0 nitrogen and oxygen atoms in total. The molecule has 0 atom stereocenters. The second kappa shape index (κ2) is 7.37. The third-order valence-corrected chi connectivity index (χ3v) is 2.03. The predicted octanol–water partition coefficient (Wildman–Crippen LogP) is 4.56. The van der Waals surface area contributed by atoms with Crippen LogP contribution in [0.5, 0.6) is 0 Å². The maximum absolute atomic E-state index is 3.71. The molecule has 14 heavy (non-hydrogen) atoms. The Labute approximate surface area is 88.7 Å². The highest BCUT2D eigenvalue weighted by Gasteiger charge is 1.97. The van der Waals surface area contributed by atoms with Gasteiger partial charge in [-0.3, -0.25) is 0 Å². The largest absolute Gasteiger partial charge is 0.103 e. The molecule has 0 radical (unpaired) electrons. The average Bonchev–Trinajstić information content (AvgIpc) is 2.22. The van der Waals surface area contributed by atoms with Crippen LogP contribution >= 0.6 is 0 Å². The van der Waals surface area contributed by atoms with Gasteiger partial charge in [-0.05, 0) is 23.5 Å². The van der Waals surface area contributed by atoms with E-state index in [-0.39, 0.29) is 0 Å². The van der Waals surface area contributed by atoms with Crippen LogP contribution in [0.3, 0.4) is 0 Å². The van der Waals surface area contributed by atoms with E-state index in [0.29, 0.717) is 5.92 Å². The van der Waals surface area contributed by atoms with Crippen LogP contribution in [0.1, 0.15) is 44.7 Å². The Balaban J connectivity index is 0.000000791. The quantitative estimate of drug-likeness (QED) is 0.613. The molecule has 0 heteroatoms. The maximum atomic E-state index is 3.71. The van der Waals surface area contributed by atoms with Crippen molar-refractivity contribution >= 4 is 0 Å². The SMILES string of the molecule is C=CCc1ccc(C(C)C)cc1.CC. The first kappa shape index (κ1) is 13.0. The summed E-state index contributed by atoms with van der Waals surface area (Å²) in [6, 6.07) is 8.75. The van der Waals surface area contributed by atoms with Crippen LogP contribution in [-0.4, -0.2) is 0 Å². The van der Waals surface area contributed by atoms with E-state index >= 15 is 0 Å². The lowest BCUT2D eigenvalue weighted by Crippen LogP contribution is -1.87. The number of hydrogen-bond acceptors (Lipinski definition) is 0. The van der Waals surface area contributed by atoms with Gasteiger partial charge in [-0.2, -0.15) is 0 Å². The summed E-state index contributed by atoms with van der Waals surface area (Å²) in [5, 5.41) is 0. The van der Waals surface area contributed by atoms with E-state index in [2.05, 4.69) is 44.7 Å². The van der Waals surface area contributed by atoms with Crippen LogP contribution in [0.15, 0.2) is 36.9 Å². The second-order valence-electron chi connectivity index (χ2n) is 3.39. The summed E-state index contributed by atoms with van der Waals surface area (Å²) >= 11 is 0. The van der Waals surface area contributed by atoms with Crippen LogP contribution in [0.2, 0.25) is 0 Å². The molecule has 0 saturated heterocycles. The lowest BCUT2D eigenvalue weighted by Gasteiger charge is -2.05. The normalized spacial score (nSPS) is 9.21. The van der Waals surface area contributed by atoms with E-state index in [1.165, 1.54) is 11.1 Å². The average molecular weight is 190 g/mol. The number of hydrogen-bond donors (Lipinski definition) is 0. The summed E-state index contributed by atoms with van der Waals surface area (Å²) in [6.45, 7) is 12.1. The van der Waals surface area contributed by atoms with Crippen molar-refractivity contribution in [3.8, 4) is 0 Å². The molecule has 0 aromatic heterocycles. The lowest BCUT2D eigenvalue weighted by atomic mass is 10.0. The zero-order valence-corrected chi connectivity index (χ0v) is 9.88. The van der Waals surface area contributed by atoms with Crippen molar-refractivity contribution in [2.45, 2.75) is 40.0 Å². The molecule has 0 aliphatic carbocycles. The van der Waals surface area contributed by atoms with Crippen LogP contribution in [0.25, 0.3) is 0 Å². The summed E-state index contributed by atoms with van der Waals surface area (Å²) in [7, 11) is 0. The maximum Gasteiger partial charge on any atom is -0.0100 e. The lowest BCUT2D eigenvalue weighted by molar-refractivity contribution is 0.865. The number of benzene rings is 1. The molecule has 78 valence electrons. The highest BCUT2D eigenvalue weighted by Crippen LogP contribution is 2.14. The Morgan fingerprint density at radius 1 is 1.14 bits per heavy atom. The Morgan fingerprint density at radius 2 is 1.64 bits per heavy atom. The fourth-order valence-electron chi connectivity index (χ4n) is 1.21. The van der Waals surface area contributed by atoms with Crippen molar-refractivity contribution in [1.82, 2.24) is 0 Å². The minimum Gasteiger partial charge on any atom is -0.103 e. The third kappa shape index (κ3) is 4.27. The molecule has 1 rings (SSSR count). The smallest absolute Gasteiger partial charge is 0.0100 e. The van der Waals surface area contributed by atoms with Gasteiger partial charge in [0, 0.05) is 0 Å². The van der Waals surface area contributed by atoms with Crippen LogP contribution in [0.4, 0.5) is 0 Å². The topological polar surface area (TPSA) is 0 Å². The van der Waals surface area contributed by atoms with Gasteiger partial charge in [-0.1, -0.05) is 58.0 Å². The molecule has 0 N–H and O–H groups in total. The van der Waals surface area contributed by atoms with Gasteiger partial charge < -0.3 is 0 Å². The molecule has 0 aliphatic heterocycles. The van der Waals surface area contributed by atoms with Gasteiger partial charge in [-0.25, -0.2) is 0 Å². The number of allylic oxidation sites excluding steroid dienone is 1. The van der Waals surface area contributed by atoms with E-state index < -0.39 is 0 Å². The van der Waals surface area contributed by atoms with Gasteiger partial charge in [-0.15, -0.1) is 6.58 Å². The van der Waals surface area contributed by atoms with E-state index in [0.717, 1.165) is 6.42 Å². The van der Waals surface area contributed by atoms with Gasteiger partial charge >= 0.3 is 0 Å². The van der Waals surface area contributed by atoms with Gasteiger partial charge in [0.2, 0.25) is 0 Å². The van der Waals surface area contributed by atoms with E-state index in [1.54, 1.807) is 0 Å². The molecular formula is C14H22. The summed E-state index contributed by atoms with van der Waals surface area (Å²) in [4.78, 5) is 0. The summed E-state index contributed by atoms with van der Waals surface area (Å²) in [6.07, 6.45) is 2.91.